The fourth-order valence-electron chi connectivity index (χ4n) is 13.6. The predicted molar refractivity (Wildman–Crippen MR) is 295 cm³/mol. The molecule has 32 nitrogen and oxygen atoms in total. The highest BCUT2D eigenvalue weighted by atomic mass is 16.7. The highest BCUT2D eigenvalue weighted by Crippen LogP contribution is 2.44. The van der Waals surface area contributed by atoms with E-state index < -0.39 is 233 Å². The number of hydrogen-bond donors (Lipinski definition) is 14. The van der Waals surface area contributed by atoms with Crippen LogP contribution in [0.3, 0.4) is 0 Å². The molecule has 0 amide bonds. The molecule has 0 aromatic carbocycles. The molecule has 28 unspecified atom stereocenters. The van der Waals surface area contributed by atoms with Crippen LogP contribution in [0.1, 0.15) is 70.6 Å². The van der Waals surface area contributed by atoms with E-state index in [1.165, 1.54) is 34.5 Å². The smallest absolute Gasteiger partial charge is 0.330 e. The number of allylic oxidation sites excluding steroid dienone is 2. The normalized spacial score (nSPS) is 46.1. The van der Waals surface area contributed by atoms with Crippen LogP contribution in [-0.2, 0) is 80.8 Å². The van der Waals surface area contributed by atoms with Gasteiger partial charge in [-0.3, -0.25) is 9.59 Å². The minimum Gasteiger partial charge on any atom is -0.481 e. The summed E-state index contributed by atoms with van der Waals surface area (Å²) in [6, 6.07) is 0. The highest BCUT2D eigenvalue weighted by molar-refractivity contribution is 5.90. The molecule has 0 spiro atoms. The number of hydrogen-bond acceptors (Lipinski definition) is 30. The molecule has 8 aliphatic rings. The molecule has 8 fully saturated rings. The molecule has 4 aliphatic heterocycles. The van der Waals surface area contributed by atoms with Crippen LogP contribution in [0.25, 0.3) is 0 Å². The first-order valence-electron chi connectivity index (χ1n) is 30.5. The first-order chi connectivity index (χ1) is 42.8. The van der Waals surface area contributed by atoms with E-state index in [0.717, 1.165) is 6.08 Å². The Hall–Kier alpha value is -3.60. The lowest BCUT2D eigenvalue weighted by Crippen LogP contribution is -2.64. The monoisotopic (exact) mass is 1300 g/mol. The maximum Gasteiger partial charge on any atom is 0.330 e. The maximum atomic E-state index is 13.0. The molecular weight excluding hydrogens is 1210 g/mol. The topological polar surface area (TPSA) is 484 Å². The molecule has 28 atom stereocenters. The number of methoxy groups -OCH3 is 4. The van der Waals surface area contributed by atoms with E-state index in [1.54, 1.807) is 12.2 Å². The Morgan fingerprint density at radius 2 is 0.867 bits per heavy atom. The lowest BCUT2D eigenvalue weighted by molar-refractivity contribution is -0.364. The highest BCUT2D eigenvalue weighted by Gasteiger charge is 2.57. The van der Waals surface area contributed by atoms with Crippen LogP contribution in [0.4, 0.5) is 0 Å². The zero-order valence-corrected chi connectivity index (χ0v) is 50.3. The number of fused-ring (bicyclic) bond motifs is 1. The van der Waals surface area contributed by atoms with Crippen molar-refractivity contribution in [3.05, 3.63) is 24.3 Å². The maximum absolute atomic E-state index is 13.0. The summed E-state index contributed by atoms with van der Waals surface area (Å²) in [5.74, 6) is -6.20. The predicted octanol–water partition coefficient (Wildman–Crippen LogP) is -6.02. The summed E-state index contributed by atoms with van der Waals surface area (Å²) in [6.07, 6.45) is -31.8. The van der Waals surface area contributed by atoms with Crippen molar-refractivity contribution in [3.63, 3.8) is 0 Å². The van der Waals surface area contributed by atoms with Crippen LogP contribution >= 0.6 is 0 Å². The van der Waals surface area contributed by atoms with Crippen LogP contribution < -0.4 is 0 Å². The zero-order chi connectivity index (χ0) is 65.4. The van der Waals surface area contributed by atoms with Gasteiger partial charge in [-0.2, -0.15) is 0 Å². The van der Waals surface area contributed by atoms with E-state index in [2.05, 4.69) is 0 Å². The van der Waals surface area contributed by atoms with Crippen molar-refractivity contribution in [2.75, 3.05) is 48.3 Å². The lowest BCUT2D eigenvalue weighted by atomic mass is 9.72. The van der Waals surface area contributed by atoms with Crippen molar-refractivity contribution in [1.82, 2.24) is 0 Å². The molecule has 15 N–H and O–H groups in total. The quantitative estimate of drug-likeness (QED) is 0.0149. The van der Waals surface area contributed by atoms with Gasteiger partial charge in [0.15, 0.2) is 31.1 Å². The van der Waals surface area contributed by atoms with Gasteiger partial charge in [-0.25, -0.2) is 9.59 Å². The average molecular weight is 1300 g/mol. The van der Waals surface area contributed by atoms with Crippen molar-refractivity contribution < 1.29 is 157 Å². The summed E-state index contributed by atoms with van der Waals surface area (Å²) in [4.78, 5) is 49.2. The van der Waals surface area contributed by atoms with E-state index in [0.29, 0.717) is 25.7 Å². The largest absolute Gasteiger partial charge is 0.481 e. The molecule has 0 aromatic rings. The van der Waals surface area contributed by atoms with Crippen molar-refractivity contribution in [2.45, 2.75) is 242 Å². The number of carbonyl (C=O) groups is 4. The van der Waals surface area contributed by atoms with Gasteiger partial charge in [0.05, 0.1) is 54.7 Å². The standard InChI is InChI=1S/C58H90O32/c1-77-32-11-23(12-33(78-2)44(32)66)5-9-41(63)81-20-37-46(68)49(71)52(74)56(88-37)84-26-16-29(60)27-18-36(87-58-54(76)51(73)48(70)39(90-58)22-83-43(65)19-40(61)62)55(85-30(27)17-26)25-7-8-28(59)31(15-25)86-57-53(75)50(72)47(69)38(89-57)21-82-42(64)10-6-24-13-34(79-3)45(67)35(14-24)80-4/h5-6,9-10,23-39,44-60,66-76H,7-8,11-22H2,1-4H3,(H,61,62)/p+1. The Balaban J connectivity index is 0.947. The van der Waals surface area contributed by atoms with E-state index in [-0.39, 0.29) is 50.4 Å². The van der Waals surface area contributed by atoms with Crippen LogP contribution in [0.2, 0.25) is 0 Å². The number of carboxylic acid groups (broad SMARTS) is 1. The van der Waals surface area contributed by atoms with Crippen LogP contribution in [0.5, 0.6) is 0 Å². The molecule has 4 saturated carbocycles. The molecule has 0 bridgehead atoms. The third-order valence-electron chi connectivity index (χ3n) is 18.8. The first-order valence-corrected chi connectivity index (χ1v) is 30.5. The number of aliphatic hydroxyl groups excluding tert-OH is 13. The van der Waals surface area contributed by atoms with Gasteiger partial charge in [-0.05, 0) is 63.2 Å². The minimum atomic E-state index is -1.96. The van der Waals surface area contributed by atoms with E-state index >= 15 is 0 Å². The lowest BCUT2D eigenvalue weighted by Gasteiger charge is -2.50. The molecule has 0 radical (unpaired) electrons. The molecule has 32 heteroatoms. The fourth-order valence-corrected chi connectivity index (χ4v) is 13.6. The number of aliphatic hydroxyl groups is 15. The van der Waals surface area contributed by atoms with Crippen LogP contribution in [-0.4, -0.2) is 320 Å². The van der Waals surface area contributed by atoms with Crippen molar-refractivity contribution >= 4 is 23.9 Å². The molecule has 4 saturated heterocycles. The SMILES string of the molecule is COC1CC(C=CC(=O)OCC2OC(OC3CC(O)C4CC(OC5OC(COC(=O)CC(=O)O)C(O)C(O)C5O)C(C5CCC(O)C(OC6OC(COC(=O)C=CC7CC(OC)C(O)C(OC)C7)C(O)C(O)C6O)C5)[OH+]C4C3)C(O)C(O)C2O)CC(OC)C1O. The third kappa shape index (κ3) is 17.6. The molecule has 514 valence electrons. The summed E-state index contributed by atoms with van der Waals surface area (Å²) < 4.78 is 79.0. The van der Waals surface area contributed by atoms with Gasteiger partial charge in [0.2, 0.25) is 0 Å². The number of esters is 3. The minimum absolute atomic E-state index is 0.0261. The van der Waals surface area contributed by atoms with E-state index in [1.807, 2.05) is 0 Å². The van der Waals surface area contributed by atoms with Gasteiger partial charge < -0.3 is 138 Å². The first kappa shape index (κ1) is 72.2. The Bertz CT molecular complexity index is 2340. The number of ether oxygens (including phenoxy) is 14. The number of rotatable bonds is 23. The molecule has 90 heavy (non-hydrogen) atoms. The Morgan fingerprint density at radius 3 is 1.30 bits per heavy atom. The second-order valence-corrected chi connectivity index (χ2v) is 24.7. The third-order valence-corrected chi connectivity index (χ3v) is 18.8. The summed E-state index contributed by atoms with van der Waals surface area (Å²) in [6.45, 7) is -1.98. The fraction of sp³-hybridized carbons (Fsp3) is 0.862. The molecule has 0 aromatic heterocycles. The van der Waals surface area contributed by atoms with Crippen molar-refractivity contribution in [3.8, 4) is 0 Å². The second kappa shape index (κ2) is 32.7. The van der Waals surface area contributed by atoms with Gasteiger partial charge in [0.25, 0.3) is 0 Å². The van der Waals surface area contributed by atoms with E-state index in [9.17, 15) is 85.6 Å². The van der Waals surface area contributed by atoms with Gasteiger partial charge in [-0.1, -0.05) is 12.2 Å². The van der Waals surface area contributed by atoms with Gasteiger partial charge in [0.1, 0.15) is 118 Å². The summed E-state index contributed by atoms with van der Waals surface area (Å²) in [5, 5.41) is 153. The Morgan fingerprint density at radius 1 is 0.444 bits per heavy atom. The van der Waals surface area contributed by atoms with Crippen LogP contribution in [0.15, 0.2) is 24.3 Å². The summed E-state index contributed by atoms with van der Waals surface area (Å²) in [7, 11) is 5.80. The van der Waals surface area contributed by atoms with Crippen molar-refractivity contribution in [2.24, 2.45) is 23.7 Å². The van der Waals surface area contributed by atoms with Gasteiger partial charge >= 0.3 is 23.9 Å². The summed E-state index contributed by atoms with van der Waals surface area (Å²) in [5.41, 5.74) is 0. The van der Waals surface area contributed by atoms with E-state index in [4.69, 9.17) is 71.4 Å². The number of aliphatic carboxylic acids is 1. The van der Waals surface area contributed by atoms with Gasteiger partial charge in [0, 0.05) is 59.4 Å². The Kier molecular flexibility index (Phi) is 26.2. The molecular formula is C58H91O32+. The number of carbonyl (C=O) groups excluding carboxylic acids is 3. The molecule has 4 heterocycles. The number of carboxylic acids is 1. The van der Waals surface area contributed by atoms with Gasteiger partial charge in [-0.15, -0.1) is 0 Å². The Labute approximate surface area is 517 Å². The molecule has 8 rings (SSSR count). The van der Waals surface area contributed by atoms with Crippen molar-refractivity contribution in [1.29, 1.82) is 0 Å². The summed E-state index contributed by atoms with van der Waals surface area (Å²) >= 11 is 0. The second-order valence-electron chi connectivity index (χ2n) is 24.7. The average Bonchev–Trinajstić information content (AvgIpc) is 1.06. The van der Waals surface area contributed by atoms with Crippen LogP contribution in [0, 0.1) is 23.7 Å². The molecule has 4 aliphatic carbocycles. The zero-order valence-electron chi connectivity index (χ0n) is 50.3.